The number of carbonyl (C=O) groups is 3. The average Bonchev–Trinajstić information content (AvgIpc) is 3.11. The van der Waals surface area contributed by atoms with Crippen molar-refractivity contribution >= 4 is 17.7 Å². The van der Waals surface area contributed by atoms with Gasteiger partial charge in [0.25, 0.3) is 0 Å². The van der Waals surface area contributed by atoms with E-state index in [2.05, 4.69) is 6.92 Å². The predicted molar refractivity (Wildman–Crippen MR) is 118 cm³/mol. The van der Waals surface area contributed by atoms with Gasteiger partial charge in [0.15, 0.2) is 0 Å². The Kier molecular flexibility index (Phi) is 6.45. The van der Waals surface area contributed by atoms with Crippen molar-refractivity contribution in [1.82, 2.24) is 14.7 Å². The Labute approximate surface area is 189 Å². The Morgan fingerprint density at radius 2 is 1.78 bits per heavy atom. The first-order valence-electron chi connectivity index (χ1n) is 11.9. The van der Waals surface area contributed by atoms with Crippen LogP contribution in [-0.2, 0) is 19.1 Å². The van der Waals surface area contributed by atoms with Gasteiger partial charge in [0, 0.05) is 26.2 Å². The summed E-state index contributed by atoms with van der Waals surface area (Å²) in [5, 5.41) is 9.91. The van der Waals surface area contributed by atoms with E-state index >= 15 is 0 Å². The van der Waals surface area contributed by atoms with E-state index in [1.807, 2.05) is 31.2 Å². The number of aliphatic hydroxyl groups is 1. The molecule has 4 heterocycles. The van der Waals surface area contributed by atoms with Gasteiger partial charge < -0.3 is 24.5 Å². The summed E-state index contributed by atoms with van der Waals surface area (Å²) in [5.74, 6) is -2.00. The molecule has 1 unspecified atom stereocenters. The molecule has 1 N–H and O–H groups in total. The number of aliphatic hydroxyl groups excluding tert-OH is 1. The van der Waals surface area contributed by atoms with Crippen molar-refractivity contribution in [3.05, 3.63) is 24.3 Å². The van der Waals surface area contributed by atoms with Gasteiger partial charge in [-0.15, -0.1) is 0 Å². The highest BCUT2D eigenvalue weighted by Gasteiger charge is 2.72. The van der Waals surface area contributed by atoms with Crippen molar-refractivity contribution in [2.45, 2.75) is 63.8 Å². The van der Waals surface area contributed by atoms with Crippen LogP contribution in [0.4, 0.5) is 0 Å². The Balaban J connectivity index is 1.79. The summed E-state index contributed by atoms with van der Waals surface area (Å²) >= 11 is 0. The van der Waals surface area contributed by atoms with Crippen molar-refractivity contribution in [2.75, 3.05) is 32.8 Å². The molecule has 0 aromatic rings. The number of fused-ring (bicyclic) bond motifs is 2. The van der Waals surface area contributed by atoms with E-state index in [1.54, 1.807) is 16.7 Å². The lowest BCUT2D eigenvalue weighted by Crippen LogP contribution is -2.57. The molecular formula is C24H35N3O5. The molecule has 0 aromatic carbocycles. The van der Waals surface area contributed by atoms with Crippen LogP contribution in [0.25, 0.3) is 0 Å². The van der Waals surface area contributed by atoms with E-state index in [0.717, 1.165) is 19.3 Å². The zero-order valence-corrected chi connectivity index (χ0v) is 19.3. The van der Waals surface area contributed by atoms with E-state index in [-0.39, 0.29) is 24.3 Å². The topological polar surface area (TPSA) is 90.4 Å². The van der Waals surface area contributed by atoms with E-state index in [0.29, 0.717) is 26.2 Å². The molecular weight excluding hydrogens is 410 g/mol. The molecule has 4 aliphatic rings. The number of hydrogen-bond donors (Lipinski definition) is 1. The Morgan fingerprint density at radius 3 is 2.47 bits per heavy atom. The van der Waals surface area contributed by atoms with Gasteiger partial charge in [0.2, 0.25) is 17.7 Å². The molecule has 8 nitrogen and oxygen atoms in total. The van der Waals surface area contributed by atoms with Crippen LogP contribution in [0.2, 0.25) is 0 Å². The van der Waals surface area contributed by atoms with Crippen LogP contribution in [0, 0.1) is 11.8 Å². The minimum Gasteiger partial charge on any atom is -0.394 e. The van der Waals surface area contributed by atoms with Gasteiger partial charge in [-0.05, 0) is 19.8 Å². The molecule has 6 atom stereocenters. The van der Waals surface area contributed by atoms with Crippen molar-refractivity contribution in [1.29, 1.82) is 0 Å². The Bertz CT molecular complexity index is 826. The molecule has 4 aliphatic heterocycles. The summed E-state index contributed by atoms with van der Waals surface area (Å²) in [6.07, 6.45) is 9.67. The SMILES string of the molecule is CCCCN1CC=C[C@]23O[C@H]4C=CCN(CCC)C(=O)[C@H]4[C@H]2C(=O)N([C@H](C)CO)C3C1=O. The van der Waals surface area contributed by atoms with Crippen LogP contribution < -0.4 is 0 Å². The van der Waals surface area contributed by atoms with Crippen molar-refractivity contribution in [2.24, 2.45) is 11.8 Å². The normalized spacial score (nSPS) is 35.0. The fourth-order valence-electron chi connectivity index (χ4n) is 5.76. The molecule has 176 valence electrons. The van der Waals surface area contributed by atoms with Crippen molar-refractivity contribution in [3.63, 3.8) is 0 Å². The van der Waals surface area contributed by atoms with Crippen LogP contribution in [0.1, 0.15) is 40.0 Å². The minimum absolute atomic E-state index is 0.0951. The molecule has 4 rings (SSSR count). The molecule has 1 spiro atoms. The van der Waals surface area contributed by atoms with E-state index < -0.39 is 35.6 Å². The highest BCUT2D eigenvalue weighted by Crippen LogP contribution is 2.53. The van der Waals surface area contributed by atoms with Gasteiger partial charge >= 0.3 is 0 Å². The highest BCUT2D eigenvalue weighted by atomic mass is 16.5. The predicted octanol–water partition coefficient (Wildman–Crippen LogP) is 0.955. The van der Waals surface area contributed by atoms with Gasteiger partial charge in [-0.1, -0.05) is 44.6 Å². The Hall–Kier alpha value is -2.19. The third kappa shape index (κ3) is 3.39. The minimum atomic E-state index is -1.21. The molecule has 32 heavy (non-hydrogen) atoms. The number of carbonyl (C=O) groups excluding carboxylic acids is 3. The standard InChI is InChI=1S/C24H35N3O5/c1-4-6-12-26-14-8-10-24-19(22(30)27(16(3)15-28)20(24)23(26)31)18-17(32-24)9-7-13-25(11-5-2)21(18)29/h7-10,16-20,28H,4-6,11-15H2,1-3H3/t16-,17+,18-,19+,20?,24+/m1/s1. The maximum Gasteiger partial charge on any atom is 0.249 e. The second-order valence-corrected chi connectivity index (χ2v) is 9.37. The van der Waals surface area contributed by atoms with E-state index in [9.17, 15) is 19.5 Å². The van der Waals surface area contributed by atoms with Crippen LogP contribution in [0.15, 0.2) is 24.3 Å². The number of unbranched alkanes of at least 4 members (excludes halogenated alkanes) is 1. The first-order chi connectivity index (χ1) is 15.4. The largest absolute Gasteiger partial charge is 0.394 e. The summed E-state index contributed by atoms with van der Waals surface area (Å²) in [7, 11) is 0. The molecule has 2 fully saturated rings. The molecule has 2 saturated heterocycles. The van der Waals surface area contributed by atoms with E-state index in [4.69, 9.17) is 4.74 Å². The first kappa shape index (κ1) is 23.0. The lowest BCUT2D eigenvalue weighted by atomic mass is 9.77. The summed E-state index contributed by atoms with van der Waals surface area (Å²) in [6, 6.07) is -1.44. The first-order valence-corrected chi connectivity index (χ1v) is 11.9. The van der Waals surface area contributed by atoms with Crippen LogP contribution in [0.3, 0.4) is 0 Å². The maximum atomic E-state index is 13.8. The summed E-state index contributed by atoms with van der Waals surface area (Å²) in [6.45, 7) is 7.72. The molecule has 0 aliphatic carbocycles. The van der Waals surface area contributed by atoms with Gasteiger partial charge in [0.05, 0.1) is 30.6 Å². The fraction of sp³-hybridized carbons (Fsp3) is 0.708. The molecule has 0 saturated carbocycles. The lowest BCUT2D eigenvalue weighted by Gasteiger charge is -2.37. The summed E-state index contributed by atoms with van der Waals surface area (Å²) < 4.78 is 6.54. The maximum absolute atomic E-state index is 13.8. The van der Waals surface area contributed by atoms with Gasteiger partial charge in [0.1, 0.15) is 11.6 Å². The lowest BCUT2D eigenvalue weighted by molar-refractivity contribution is -0.150. The van der Waals surface area contributed by atoms with Crippen molar-refractivity contribution < 1.29 is 24.2 Å². The molecule has 0 bridgehead atoms. The molecule has 0 aromatic heterocycles. The molecule has 8 heteroatoms. The number of nitrogens with zero attached hydrogens (tertiary/aromatic N) is 3. The number of rotatable bonds is 7. The van der Waals surface area contributed by atoms with Crippen molar-refractivity contribution in [3.8, 4) is 0 Å². The summed E-state index contributed by atoms with van der Waals surface area (Å²) in [5.41, 5.74) is -1.21. The van der Waals surface area contributed by atoms with Gasteiger partial charge in [-0.3, -0.25) is 14.4 Å². The van der Waals surface area contributed by atoms with Crippen LogP contribution >= 0.6 is 0 Å². The second kappa shape index (κ2) is 8.98. The Morgan fingerprint density at radius 1 is 1.06 bits per heavy atom. The molecule has 3 amide bonds. The fourth-order valence-corrected chi connectivity index (χ4v) is 5.76. The van der Waals surface area contributed by atoms with Crippen LogP contribution in [-0.4, -0.2) is 94.1 Å². The monoisotopic (exact) mass is 445 g/mol. The third-order valence-corrected chi connectivity index (χ3v) is 7.28. The second-order valence-electron chi connectivity index (χ2n) is 9.37. The molecule has 0 radical (unpaired) electrons. The third-order valence-electron chi connectivity index (χ3n) is 7.28. The number of likely N-dealkylation sites (tertiary alicyclic amines) is 1. The smallest absolute Gasteiger partial charge is 0.249 e. The van der Waals surface area contributed by atoms with Gasteiger partial charge in [-0.25, -0.2) is 0 Å². The van der Waals surface area contributed by atoms with Gasteiger partial charge in [-0.2, -0.15) is 0 Å². The average molecular weight is 446 g/mol. The zero-order valence-electron chi connectivity index (χ0n) is 19.3. The number of ether oxygens (including phenoxy) is 1. The zero-order chi connectivity index (χ0) is 23.0. The van der Waals surface area contributed by atoms with Crippen LogP contribution in [0.5, 0.6) is 0 Å². The summed E-state index contributed by atoms with van der Waals surface area (Å²) in [4.78, 5) is 46.2. The number of hydrogen-bond acceptors (Lipinski definition) is 5. The van der Waals surface area contributed by atoms with E-state index in [1.165, 1.54) is 4.90 Å². The quantitative estimate of drug-likeness (QED) is 0.590. The number of amides is 3. The highest BCUT2D eigenvalue weighted by molar-refractivity contribution is 6.00.